The van der Waals surface area contributed by atoms with Gasteiger partial charge in [-0.05, 0) is 24.6 Å². The summed E-state index contributed by atoms with van der Waals surface area (Å²) in [4.78, 5) is 4.25. The van der Waals surface area contributed by atoms with Gasteiger partial charge in [-0.2, -0.15) is 15.8 Å². The average Bonchev–Trinajstić information content (AvgIpc) is 2.99. The van der Waals surface area contributed by atoms with E-state index in [9.17, 15) is 10.5 Å². The van der Waals surface area contributed by atoms with Crippen molar-refractivity contribution in [3.05, 3.63) is 35.4 Å². The molecule has 1 aromatic carbocycles. The van der Waals surface area contributed by atoms with E-state index in [0.717, 1.165) is 5.56 Å². The topological polar surface area (TPSA) is 128 Å². The Morgan fingerprint density at radius 3 is 2.42 bits per heavy atom. The maximum absolute atomic E-state index is 9.98. The summed E-state index contributed by atoms with van der Waals surface area (Å²) in [6.45, 7) is 2.10. The number of hydrogen-bond acceptors (Lipinski definition) is 7. The van der Waals surface area contributed by atoms with Crippen molar-refractivity contribution in [2.24, 2.45) is 21.6 Å². The molecular weight excluding hydrogens is 306 g/mol. The van der Waals surface area contributed by atoms with Crippen LogP contribution in [0.5, 0.6) is 0 Å². The summed E-state index contributed by atoms with van der Waals surface area (Å²) in [6, 6.07) is 13.3. The quantitative estimate of drug-likeness (QED) is 0.826. The molecule has 2 fully saturated rings. The normalized spacial score (nSPS) is 41.8. The molecule has 7 heteroatoms. The van der Waals surface area contributed by atoms with E-state index in [4.69, 9.17) is 20.5 Å². The first kappa shape index (κ1) is 14.7. The largest absolute Gasteiger partial charge is 0.386 e. The number of benzene rings is 1. The maximum atomic E-state index is 9.98. The molecule has 5 unspecified atom stereocenters. The highest BCUT2D eigenvalue weighted by molar-refractivity contribution is 6.00. The van der Waals surface area contributed by atoms with Gasteiger partial charge in [0, 0.05) is 5.92 Å². The van der Waals surface area contributed by atoms with Gasteiger partial charge in [0.2, 0.25) is 0 Å². The molecule has 5 atom stereocenters. The van der Waals surface area contributed by atoms with E-state index < -0.39 is 22.7 Å². The Labute approximate surface area is 138 Å². The Bertz CT molecular complexity index is 890. The molecule has 2 aliphatic heterocycles. The van der Waals surface area contributed by atoms with Crippen LogP contribution in [0.3, 0.4) is 0 Å². The molecule has 0 aromatic heterocycles. The summed E-state index contributed by atoms with van der Waals surface area (Å²) in [7, 11) is 0. The van der Waals surface area contributed by atoms with Gasteiger partial charge >= 0.3 is 0 Å². The molecule has 0 amide bonds. The van der Waals surface area contributed by atoms with E-state index >= 15 is 0 Å². The predicted molar refractivity (Wildman–Crippen MR) is 80.8 cm³/mol. The van der Waals surface area contributed by atoms with Gasteiger partial charge in [-0.3, -0.25) is 0 Å². The van der Waals surface area contributed by atoms with Crippen LogP contribution in [0, 0.1) is 44.8 Å². The Kier molecular flexibility index (Phi) is 2.65. The number of ether oxygens (including phenoxy) is 2. The van der Waals surface area contributed by atoms with Crippen LogP contribution < -0.4 is 5.73 Å². The molecule has 1 spiro atoms. The van der Waals surface area contributed by atoms with Gasteiger partial charge < -0.3 is 15.2 Å². The van der Waals surface area contributed by atoms with Crippen LogP contribution in [0.25, 0.3) is 0 Å². The molecule has 0 bridgehead atoms. The Morgan fingerprint density at radius 2 is 1.92 bits per heavy atom. The second-order valence-corrected chi connectivity index (χ2v) is 6.32. The first-order valence-electron chi connectivity index (χ1n) is 7.51. The lowest BCUT2D eigenvalue weighted by atomic mass is 9.93. The van der Waals surface area contributed by atoms with Crippen molar-refractivity contribution in [3.8, 4) is 18.2 Å². The third-order valence-electron chi connectivity index (χ3n) is 5.18. The van der Waals surface area contributed by atoms with Crippen molar-refractivity contribution in [1.29, 1.82) is 15.8 Å². The highest BCUT2D eigenvalue weighted by Crippen LogP contribution is 2.82. The van der Waals surface area contributed by atoms with Crippen LogP contribution >= 0.6 is 0 Å². The minimum atomic E-state index is -1.54. The number of nitriles is 3. The summed E-state index contributed by atoms with van der Waals surface area (Å²) >= 11 is 0. The number of nitrogens with two attached hydrogens (primary N) is 1. The van der Waals surface area contributed by atoms with Crippen LogP contribution in [0.1, 0.15) is 24.0 Å². The Hall–Kier alpha value is -2.92. The number of fused-ring (bicyclic) bond motifs is 2. The summed E-state index contributed by atoms with van der Waals surface area (Å²) in [5, 5.41) is 28.8. The Morgan fingerprint density at radius 1 is 1.21 bits per heavy atom. The van der Waals surface area contributed by atoms with Crippen LogP contribution in [0.15, 0.2) is 29.3 Å². The number of amidine groups is 1. The molecule has 1 aromatic rings. The van der Waals surface area contributed by atoms with Gasteiger partial charge in [-0.15, -0.1) is 0 Å². The maximum Gasteiger partial charge on any atom is 0.293 e. The third kappa shape index (κ3) is 1.31. The lowest BCUT2D eigenvalue weighted by Gasteiger charge is -2.26. The minimum Gasteiger partial charge on any atom is -0.386 e. The molecular formula is C17H13N5O2. The monoisotopic (exact) mass is 319 g/mol. The average molecular weight is 319 g/mol. The molecule has 1 saturated carbocycles. The lowest BCUT2D eigenvalue weighted by molar-refractivity contribution is -0.193. The molecule has 2 N–H and O–H groups in total. The van der Waals surface area contributed by atoms with Gasteiger partial charge in [0.15, 0.2) is 5.41 Å². The van der Waals surface area contributed by atoms with Gasteiger partial charge in [-0.1, -0.05) is 12.1 Å². The summed E-state index contributed by atoms with van der Waals surface area (Å²) in [6.07, 6.45) is -0.247. The number of hydrogen-bond donors (Lipinski definition) is 1. The van der Waals surface area contributed by atoms with Crippen molar-refractivity contribution < 1.29 is 9.47 Å². The van der Waals surface area contributed by atoms with Crippen molar-refractivity contribution in [1.82, 2.24) is 0 Å². The van der Waals surface area contributed by atoms with Gasteiger partial charge in [0.25, 0.3) is 5.91 Å². The molecule has 1 saturated heterocycles. The molecule has 2 heterocycles. The minimum absolute atomic E-state index is 0.0648. The zero-order valence-electron chi connectivity index (χ0n) is 12.9. The fourth-order valence-electron chi connectivity index (χ4n) is 4.11. The van der Waals surface area contributed by atoms with Gasteiger partial charge in [0.05, 0.1) is 36.5 Å². The third-order valence-corrected chi connectivity index (χ3v) is 5.18. The van der Waals surface area contributed by atoms with Gasteiger partial charge in [-0.25, -0.2) is 4.99 Å². The van der Waals surface area contributed by atoms with Crippen molar-refractivity contribution in [3.63, 3.8) is 0 Å². The predicted octanol–water partition coefficient (Wildman–Crippen LogP) is 1.14. The zero-order valence-corrected chi connectivity index (χ0v) is 12.9. The second kappa shape index (κ2) is 4.33. The first-order chi connectivity index (χ1) is 11.5. The Balaban J connectivity index is 1.88. The van der Waals surface area contributed by atoms with E-state index in [2.05, 4.69) is 17.1 Å². The lowest BCUT2D eigenvalue weighted by Crippen LogP contribution is -2.39. The second-order valence-electron chi connectivity index (χ2n) is 6.32. The molecule has 1 aliphatic carbocycles. The fourth-order valence-corrected chi connectivity index (χ4v) is 4.11. The smallest absolute Gasteiger partial charge is 0.293 e. The van der Waals surface area contributed by atoms with Crippen LogP contribution in [-0.4, -0.2) is 24.5 Å². The summed E-state index contributed by atoms with van der Waals surface area (Å²) < 4.78 is 11.6. The van der Waals surface area contributed by atoms with E-state index in [0.29, 0.717) is 5.56 Å². The standard InChI is InChI=1S/C17H13N5O2/c1-10-7-23-17(24-10)16(9-20)13(15(16,8-19)14(21)22-17)12-4-2-11(6-18)3-5-12/h2-5,10,13H,7H2,1H3,(H2,21,22). The molecule has 4 rings (SSSR count). The molecule has 7 nitrogen and oxygen atoms in total. The van der Waals surface area contributed by atoms with Crippen LogP contribution in [0.4, 0.5) is 0 Å². The SMILES string of the molecule is CC1COC2(N=C(N)C3(C#N)C(c4ccc(C#N)cc4)C23C#N)O1. The molecule has 0 radical (unpaired) electrons. The number of rotatable bonds is 1. The number of nitrogens with zero attached hydrogens (tertiary/aromatic N) is 4. The van der Waals surface area contributed by atoms with Crippen LogP contribution in [-0.2, 0) is 9.47 Å². The van der Waals surface area contributed by atoms with E-state index in [-0.39, 0.29) is 18.5 Å². The van der Waals surface area contributed by atoms with Crippen molar-refractivity contribution in [2.75, 3.05) is 6.61 Å². The first-order valence-corrected chi connectivity index (χ1v) is 7.51. The van der Waals surface area contributed by atoms with E-state index in [1.807, 2.05) is 13.0 Å². The van der Waals surface area contributed by atoms with Crippen molar-refractivity contribution >= 4 is 5.84 Å². The highest BCUT2D eigenvalue weighted by atomic mass is 16.8. The number of aliphatic imine (C=N–C) groups is 1. The zero-order chi connectivity index (χ0) is 17.2. The summed E-state index contributed by atoms with van der Waals surface area (Å²) in [5.74, 6) is -2.00. The molecule has 24 heavy (non-hydrogen) atoms. The van der Waals surface area contributed by atoms with Gasteiger partial charge in [0.1, 0.15) is 11.3 Å². The van der Waals surface area contributed by atoms with Crippen LogP contribution in [0.2, 0.25) is 0 Å². The van der Waals surface area contributed by atoms with E-state index in [1.54, 1.807) is 24.3 Å². The highest BCUT2D eigenvalue weighted by Gasteiger charge is 2.94. The summed E-state index contributed by atoms with van der Waals surface area (Å²) in [5.41, 5.74) is 4.71. The fraction of sp³-hybridized carbons (Fsp3) is 0.412. The molecule has 118 valence electrons. The molecule has 3 aliphatic rings. The van der Waals surface area contributed by atoms with E-state index in [1.165, 1.54) is 0 Å². The van der Waals surface area contributed by atoms with Crippen molar-refractivity contribution in [2.45, 2.75) is 24.9 Å².